The van der Waals surface area contributed by atoms with Gasteiger partial charge >= 0.3 is 0 Å². The number of thioether (sulfide) groups is 1. The van der Waals surface area contributed by atoms with Gasteiger partial charge in [-0.15, -0.1) is 0 Å². The second-order valence-electron chi connectivity index (χ2n) is 7.27. The van der Waals surface area contributed by atoms with E-state index in [1.807, 2.05) is 0 Å². The molecule has 2 amide bonds. The molecule has 0 saturated carbocycles. The van der Waals surface area contributed by atoms with Crippen LogP contribution in [-0.4, -0.2) is 44.0 Å². The number of nitrogens with zero attached hydrogens (tertiary/aromatic N) is 1. The van der Waals surface area contributed by atoms with Gasteiger partial charge in [0.05, 0.1) is 4.90 Å². The van der Waals surface area contributed by atoms with Crippen molar-refractivity contribution in [3.05, 3.63) is 48.0 Å². The summed E-state index contributed by atoms with van der Waals surface area (Å²) in [6.07, 6.45) is 1.41. The van der Waals surface area contributed by atoms with Crippen LogP contribution in [0.4, 0.5) is 20.2 Å². The van der Waals surface area contributed by atoms with Gasteiger partial charge in [-0.3, -0.25) is 14.3 Å². The number of amides is 2. The molecule has 1 heterocycles. The molecule has 0 spiro atoms. The topological polar surface area (TPSA) is 95.6 Å². The minimum atomic E-state index is -3.98. The number of rotatable bonds is 9. The third-order valence-electron chi connectivity index (χ3n) is 4.87. The Balaban J connectivity index is 1.66. The first-order valence-electron chi connectivity index (χ1n) is 9.90. The van der Waals surface area contributed by atoms with Crippen LogP contribution in [0.25, 0.3) is 0 Å². The lowest BCUT2D eigenvalue weighted by atomic mass is 10.2. The van der Waals surface area contributed by atoms with Gasteiger partial charge in [0.15, 0.2) is 0 Å². The van der Waals surface area contributed by atoms with Crippen LogP contribution in [0.3, 0.4) is 0 Å². The van der Waals surface area contributed by atoms with Gasteiger partial charge in [-0.1, -0.05) is 17.8 Å². The SMILES string of the molecule is Cc1ccc(NC(=O)CCN2CCCC2=O)cc1S(=O)(=O)Nc1ccc(SC(F)F)cc1. The maximum Gasteiger partial charge on any atom is 0.288 e. The van der Waals surface area contributed by atoms with Gasteiger partial charge in [0, 0.05) is 42.2 Å². The number of sulfonamides is 1. The molecule has 172 valence electrons. The van der Waals surface area contributed by atoms with E-state index in [0.29, 0.717) is 47.4 Å². The fourth-order valence-electron chi connectivity index (χ4n) is 3.28. The van der Waals surface area contributed by atoms with Crippen molar-refractivity contribution in [2.24, 2.45) is 0 Å². The third kappa shape index (κ3) is 6.42. The van der Waals surface area contributed by atoms with Crippen molar-refractivity contribution >= 4 is 45.0 Å². The standard InChI is InChI=1S/C21H23F2N3O4S2/c1-14-4-5-16(24-19(27)10-12-26-11-2-3-20(26)28)13-18(14)32(29,30)25-15-6-8-17(9-7-15)31-21(22)23/h4-9,13,21,25H,2-3,10-12H2,1H3,(H,24,27). The van der Waals surface area contributed by atoms with Crippen LogP contribution in [0, 0.1) is 6.92 Å². The molecule has 0 unspecified atom stereocenters. The minimum absolute atomic E-state index is 0.0175. The van der Waals surface area contributed by atoms with E-state index < -0.39 is 15.8 Å². The molecule has 0 bridgehead atoms. The van der Waals surface area contributed by atoms with Crippen molar-refractivity contribution in [2.75, 3.05) is 23.1 Å². The summed E-state index contributed by atoms with van der Waals surface area (Å²) in [7, 11) is -3.98. The zero-order valence-corrected chi connectivity index (χ0v) is 18.9. The maximum atomic E-state index is 12.9. The third-order valence-corrected chi connectivity index (χ3v) is 7.12. The molecule has 2 aromatic carbocycles. The van der Waals surface area contributed by atoms with Crippen LogP contribution in [0.2, 0.25) is 0 Å². The fraction of sp³-hybridized carbons (Fsp3) is 0.333. The number of aryl methyl sites for hydroxylation is 1. The first-order chi connectivity index (χ1) is 15.1. The zero-order valence-electron chi connectivity index (χ0n) is 17.3. The Morgan fingerprint density at radius 1 is 1.16 bits per heavy atom. The Hall–Kier alpha value is -2.66. The first-order valence-corrected chi connectivity index (χ1v) is 12.3. The minimum Gasteiger partial charge on any atom is -0.342 e. The van der Waals surface area contributed by atoms with Crippen LogP contribution in [0.5, 0.6) is 0 Å². The van der Waals surface area contributed by atoms with E-state index in [4.69, 9.17) is 0 Å². The molecule has 3 rings (SSSR count). The van der Waals surface area contributed by atoms with Gasteiger partial charge in [-0.05, 0) is 55.3 Å². The Bertz CT molecular complexity index is 1090. The van der Waals surface area contributed by atoms with Crippen LogP contribution in [0.1, 0.15) is 24.8 Å². The summed E-state index contributed by atoms with van der Waals surface area (Å²) in [6.45, 7) is 2.59. The summed E-state index contributed by atoms with van der Waals surface area (Å²) < 4.78 is 53.0. The molecule has 1 aliphatic rings. The van der Waals surface area contributed by atoms with Crippen LogP contribution in [0.15, 0.2) is 52.3 Å². The predicted octanol–water partition coefficient (Wildman–Crippen LogP) is 4.06. The highest BCUT2D eigenvalue weighted by molar-refractivity contribution is 7.99. The van der Waals surface area contributed by atoms with Gasteiger partial charge < -0.3 is 10.2 Å². The van der Waals surface area contributed by atoms with E-state index in [-0.39, 0.29) is 28.8 Å². The molecule has 1 fully saturated rings. The molecule has 2 N–H and O–H groups in total. The van der Waals surface area contributed by atoms with Crippen LogP contribution >= 0.6 is 11.8 Å². The number of hydrogen-bond acceptors (Lipinski definition) is 5. The molecule has 32 heavy (non-hydrogen) atoms. The van der Waals surface area contributed by atoms with E-state index in [2.05, 4.69) is 10.0 Å². The number of halogens is 2. The smallest absolute Gasteiger partial charge is 0.288 e. The number of benzene rings is 2. The summed E-state index contributed by atoms with van der Waals surface area (Å²) in [4.78, 5) is 25.8. The summed E-state index contributed by atoms with van der Waals surface area (Å²) in [5, 5.41) is 2.67. The van der Waals surface area contributed by atoms with E-state index in [1.54, 1.807) is 24.0 Å². The van der Waals surface area contributed by atoms with Gasteiger partial charge in [0.1, 0.15) is 0 Å². The number of hydrogen-bond donors (Lipinski definition) is 2. The number of carbonyl (C=O) groups excluding carboxylic acids is 2. The van der Waals surface area contributed by atoms with E-state index >= 15 is 0 Å². The Kier molecular flexibility index (Phi) is 7.73. The molecular weight excluding hydrogens is 460 g/mol. The molecule has 0 radical (unpaired) electrons. The normalized spacial score (nSPS) is 14.1. The van der Waals surface area contributed by atoms with Gasteiger partial charge in [0.25, 0.3) is 15.8 Å². The number of likely N-dealkylation sites (tertiary alicyclic amines) is 1. The lowest BCUT2D eigenvalue weighted by Gasteiger charge is -2.15. The van der Waals surface area contributed by atoms with Crippen molar-refractivity contribution in [1.29, 1.82) is 0 Å². The number of nitrogens with one attached hydrogen (secondary N) is 2. The summed E-state index contributed by atoms with van der Waals surface area (Å²) in [6, 6.07) is 10.2. The fourth-order valence-corrected chi connectivity index (χ4v) is 5.11. The van der Waals surface area contributed by atoms with Crippen LogP contribution in [-0.2, 0) is 19.6 Å². The first kappa shape index (κ1) is 24.0. The molecule has 0 aromatic heterocycles. The zero-order chi connectivity index (χ0) is 23.3. The summed E-state index contributed by atoms with van der Waals surface area (Å²) in [5.74, 6) is -2.85. The van der Waals surface area contributed by atoms with Crippen LogP contribution < -0.4 is 10.0 Å². The van der Waals surface area contributed by atoms with E-state index in [9.17, 15) is 26.8 Å². The van der Waals surface area contributed by atoms with Crippen molar-refractivity contribution < 1.29 is 26.8 Å². The van der Waals surface area contributed by atoms with Crippen molar-refractivity contribution in [1.82, 2.24) is 4.90 Å². The molecule has 11 heteroatoms. The monoisotopic (exact) mass is 483 g/mol. The Labute approximate surface area is 189 Å². The quantitative estimate of drug-likeness (QED) is 0.525. The predicted molar refractivity (Wildman–Crippen MR) is 119 cm³/mol. The van der Waals surface area contributed by atoms with Crippen molar-refractivity contribution in [2.45, 2.75) is 41.7 Å². The summed E-state index contributed by atoms with van der Waals surface area (Å²) in [5.41, 5.74) is 1.02. The number of carbonyl (C=O) groups is 2. The van der Waals surface area contributed by atoms with E-state index in [1.165, 1.54) is 30.3 Å². The van der Waals surface area contributed by atoms with E-state index in [0.717, 1.165) is 6.42 Å². The average molecular weight is 484 g/mol. The molecule has 2 aromatic rings. The molecule has 7 nitrogen and oxygen atoms in total. The van der Waals surface area contributed by atoms with Crippen molar-refractivity contribution in [3.63, 3.8) is 0 Å². The van der Waals surface area contributed by atoms with Crippen molar-refractivity contribution in [3.8, 4) is 0 Å². The summed E-state index contributed by atoms with van der Waals surface area (Å²) >= 11 is 0.371. The van der Waals surface area contributed by atoms with Gasteiger partial charge in [0.2, 0.25) is 11.8 Å². The highest BCUT2D eigenvalue weighted by Crippen LogP contribution is 2.28. The lowest BCUT2D eigenvalue weighted by Crippen LogP contribution is -2.28. The Morgan fingerprint density at radius 2 is 1.84 bits per heavy atom. The number of alkyl halides is 2. The second kappa shape index (κ2) is 10.3. The average Bonchev–Trinajstić information content (AvgIpc) is 3.13. The highest BCUT2D eigenvalue weighted by atomic mass is 32.2. The molecule has 1 aliphatic heterocycles. The Morgan fingerprint density at radius 3 is 2.47 bits per heavy atom. The molecular formula is C21H23F2N3O4S2. The second-order valence-corrected chi connectivity index (χ2v) is 9.99. The number of anilines is 2. The maximum absolute atomic E-state index is 12.9. The van der Waals surface area contributed by atoms with Gasteiger partial charge in [-0.2, -0.15) is 8.78 Å². The molecule has 0 atom stereocenters. The largest absolute Gasteiger partial charge is 0.342 e. The molecule has 0 aliphatic carbocycles. The molecule has 1 saturated heterocycles. The lowest BCUT2D eigenvalue weighted by molar-refractivity contribution is -0.128. The highest BCUT2D eigenvalue weighted by Gasteiger charge is 2.21. The van der Waals surface area contributed by atoms with Gasteiger partial charge in [-0.25, -0.2) is 8.42 Å².